The Bertz CT molecular complexity index is 914. The molecular weight excluding hydrogens is 352 g/mol. The van der Waals surface area contributed by atoms with Gasteiger partial charge in [0, 0.05) is 11.6 Å². The summed E-state index contributed by atoms with van der Waals surface area (Å²) in [5.74, 6) is 0.553. The first-order valence-electron chi connectivity index (χ1n) is 8.69. The first-order valence-corrected chi connectivity index (χ1v) is 8.69. The number of ether oxygens (including phenoxy) is 1. The lowest BCUT2D eigenvalue weighted by Gasteiger charge is -2.23. The van der Waals surface area contributed by atoms with Crippen molar-refractivity contribution in [1.82, 2.24) is 15.0 Å². The number of halogens is 2. The number of benzene rings is 2. The van der Waals surface area contributed by atoms with Crippen LogP contribution in [0, 0.1) is 11.6 Å². The van der Waals surface area contributed by atoms with E-state index in [-0.39, 0.29) is 11.6 Å². The van der Waals surface area contributed by atoms with Gasteiger partial charge in [0.1, 0.15) is 17.4 Å². The van der Waals surface area contributed by atoms with Crippen molar-refractivity contribution in [1.29, 1.82) is 0 Å². The molecular formula is C20H21F2N3O2. The topological polar surface area (TPSA) is 51.4 Å². The summed E-state index contributed by atoms with van der Waals surface area (Å²) in [4.78, 5) is 6.22. The van der Waals surface area contributed by atoms with Gasteiger partial charge in [-0.25, -0.2) is 8.78 Å². The quantitative estimate of drug-likeness (QED) is 0.605. The Balaban J connectivity index is 1.77. The van der Waals surface area contributed by atoms with E-state index in [4.69, 9.17) is 9.26 Å². The highest BCUT2D eigenvalue weighted by atomic mass is 19.1. The van der Waals surface area contributed by atoms with Gasteiger partial charge in [0.05, 0.1) is 18.7 Å². The van der Waals surface area contributed by atoms with Gasteiger partial charge >= 0.3 is 0 Å². The Kier molecular flexibility index (Phi) is 5.81. The van der Waals surface area contributed by atoms with Crippen LogP contribution in [0.2, 0.25) is 0 Å². The molecule has 3 rings (SSSR count). The third-order valence-corrected chi connectivity index (χ3v) is 4.35. The maximum atomic E-state index is 14.0. The minimum Gasteiger partial charge on any atom is -0.493 e. The largest absolute Gasteiger partial charge is 0.493 e. The fourth-order valence-corrected chi connectivity index (χ4v) is 2.78. The zero-order valence-electron chi connectivity index (χ0n) is 15.4. The van der Waals surface area contributed by atoms with Gasteiger partial charge in [0.2, 0.25) is 11.7 Å². The summed E-state index contributed by atoms with van der Waals surface area (Å²) in [5.41, 5.74) is 1.01. The molecule has 1 unspecified atom stereocenters. The molecule has 1 heterocycles. The normalized spacial score (nSPS) is 12.4. The Morgan fingerprint density at radius 1 is 1.19 bits per heavy atom. The van der Waals surface area contributed by atoms with Crippen molar-refractivity contribution >= 4 is 0 Å². The molecule has 0 spiro atoms. The van der Waals surface area contributed by atoms with Crippen LogP contribution in [0.25, 0.3) is 11.4 Å². The molecule has 0 saturated heterocycles. The van der Waals surface area contributed by atoms with Crippen LogP contribution in [0.4, 0.5) is 8.78 Å². The van der Waals surface area contributed by atoms with E-state index in [1.165, 1.54) is 6.07 Å². The van der Waals surface area contributed by atoms with Crippen molar-refractivity contribution in [2.24, 2.45) is 0 Å². The summed E-state index contributed by atoms with van der Waals surface area (Å²) in [6, 6.07) is 10.5. The molecule has 0 amide bonds. The lowest BCUT2D eigenvalue weighted by molar-refractivity contribution is 0.212. The maximum absolute atomic E-state index is 14.0. The minimum atomic E-state index is -0.473. The summed E-state index contributed by atoms with van der Waals surface area (Å²) in [6.45, 7) is 4.52. The van der Waals surface area contributed by atoms with E-state index in [0.717, 1.165) is 17.7 Å². The molecule has 1 aromatic heterocycles. The predicted octanol–water partition coefficient (Wildman–Crippen LogP) is 4.61. The highest BCUT2D eigenvalue weighted by Gasteiger charge is 2.20. The second-order valence-electron chi connectivity index (χ2n) is 6.20. The third kappa shape index (κ3) is 4.31. The van der Waals surface area contributed by atoms with Crippen LogP contribution < -0.4 is 4.74 Å². The molecule has 2 aromatic carbocycles. The van der Waals surface area contributed by atoms with Crippen molar-refractivity contribution in [2.45, 2.75) is 26.4 Å². The van der Waals surface area contributed by atoms with E-state index in [1.54, 1.807) is 14.0 Å². The van der Waals surface area contributed by atoms with E-state index in [0.29, 0.717) is 30.6 Å². The average Bonchev–Trinajstić information content (AvgIpc) is 3.12. The molecule has 0 aliphatic heterocycles. The van der Waals surface area contributed by atoms with Gasteiger partial charge in [0.15, 0.2) is 0 Å². The summed E-state index contributed by atoms with van der Waals surface area (Å²) >= 11 is 0. The molecule has 0 aliphatic carbocycles. The Labute approximate surface area is 156 Å². The molecule has 1 atom stereocenters. The van der Waals surface area contributed by atoms with Crippen molar-refractivity contribution < 1.29 is 18.0 Å². The van der Waals surface area contributed by atoms with Crippen molar-refractivity contribution in [3.8, 4) is 17.1 Å². The molecule has 5 nitrogen and oxygen atoms in total. The van der Waals surface area contributed by atoms with E-state index >= 15 is 0 Å². The molecule has 0 radical (unpaired) electrons. The third-order valence-electron chi connectivity index (χ3n) is 4.35. The second-order valence-corrected chi connectivity index (χ2v) is 6.20. The Morgan fingerprint density at radius 3 is 2.74 bits per heavy atom. The van der Waals surface area contributed by atoms with E-state index in [2.05, 4.69) is 10.1 Å². The van der Waals surface area contributed by atoms with Crippen LogP contribution in [0.1, 0.15) is 31.3 Å². The number of hydrogen-bond acceptors (Lipinski definition) is 5. The van der Waals surface area contributed by atoms with Crippen molar-refractivity contribution in [3.63, 3.8) is 0 Å². The molecule has 142 valence electrons. The smallest absolute Gasteiger partial charge is 0.241 e. The van der Waals surface area contributed by atoms with Gasteiger partial charge in [-0.05, 0) is 51.2 Å². The summed E-state index contributed by atoms with van der Waals surface area (Å²) in [5, 5.41) is 4.02. The summed E-state index contributed by atoms with van der Waals surface area (Å²) in [7, 11) is 1.78. The number of nitrogens with zero attached hydrogens (tertiary/aromatic N) is 3. The lowest BCUT2D eigenvalue weighted by Crippen LogP contribution is -2.23. The van der Waals surface area contributed by atoms with Gasteiger partial charge in [-0.15, -0.1) is 0 Å². The maximum Gasteiger partial charge on any atom is 0.241 e. The summed E-state index contributed by atoms with van der Waals surface area (Å²) < 4.78 is 38.4. The molecule has 27 heavy (non-hydrogen) atoms. The molecule has 0 saturated carbocycles. The molecule has 0 aliphatic rings. The van der Waals surface area contributed by atoms with Gasteiger partial charge in [-0.3, -0.25) is 4.90 Å². The van der Waals surface area contributed by atoms with Crippen molar-refractivity contribution in [2.75, 3.05) is 13.7 Å². The molecule has 3 aromatic rings. The zero-order chi connectivity index (χ0) is 19.4. The van der Waals surface area contributed by atoms with Crippen LogP contribution in [0.15, 0.2) is 47.0 Å². The first-order chi connectivity index (χ1) is 13.0. The van der Waals surface area contributed by atoms with Gasteiger partial charge in [0.25, 0.3) is 0 Å². The van der Waals surface area contributed by atoms with E-state index in [1.807, 2.05) is 36.1 Å². The standard InChI is InChI=1S/C20H21F2N3O2/c1-4-26-18-8-6-5-7-15(18)20-23-19(27-24-20)12-25(3)13(2)16-11-14(21)9-10-17(16)22/h5-11,13H,4,12H2,1-3H3. The average molecular weight is 373 g/mol. The molecule has 0 bridgehead atoms. The number of hydrogen-bond donors (Lipinski definition) is 0. The van der Waals surface area contributed by atoms with E-state index < -0.39 is 11.6 Å². The van der Waals surface area contributed by atoms with Crippen LogP contribution >= 0.6 is 0 Å². The van der Waals surface area contributed by atoms with Crippen LogP contribution in [-0.4, -0.2) is 28.7 Å². The molecule has 0 fully saturated rings. The lowest BCUT2D eigenvalue weighted by atomic mass is 10.1. The van der Waals surface area contributed by atoms with Gasteiger partial charge in [-0.2, -0.15) is 4.98 Å². The SMILES string of the molecule is CCOc1ccccc1-c1noc(CN(C)C(C)c2cc(F)ccc2F)n1. The Hall–Kier alpha value is -2.80. The molecule has 7 heteroatoms. The number of rotatable bonds is 7. The van der Waals surface area contributed by atoms with Crippen molar-refractivity contribution in [3.05, 3.63) is 65.6 Å². The minimum absolute atomic E-state index is 0.277. The highest BCUT2D eigenvalue weighted by Crippen LogP contribution is 2.28. The number of aromatic nitrogens is 2. The fourth-order valence-electron chi connectivity index (χ4n) is 2.78. The monoisotopic (exact) mass is 373 g/mol. The fraction of sp³-hybridized carbons (Fsp3) is 0.300. The summed E-state index contributed by atoms with van der Waals surface area (Å²) in [6.07, 6.45) is 0. The van der Waals surface area contributed by atoms with E-state index in [9.17, 15) is 8.78 Å². The first kappa shape index (κ1) is 19.0. The van der Waals surface area contributed by atoms with Gasteiger partial charge < -0.3 is 9.26 Å². The van der Waals surface area contributed by atoms with Crippen LogP contribution in [-0.2, 0) is 6.54 Å². The zero-order valence-corrected chi connectivity index (χ0v) is 15.4. The van der Waals surface area contributed by atoms with Crippen LogP contribution in [0.5, 0.6) is 5.75 Å². The molecule has 0 N–H and O–H groups in total. The van der Waals surface area contributed by atoms with Crippen LogP contribution in [0.3, 0.4) is 0 Å². The van der Waals surface area contributed by atoms with Gasteiger partial charge in [-0.1, -0.05) is 17.3 Å². The number of para-hydroxylation sites is 1. The highest BCUT2D eigenvalue weighted by molar-refractivity contribution is 5.63. The second kappa shape index (κ2) is 8.26. The Morgan fingerprint density at radius 2 is 1.96 bits per heavy atom. The predicted molar refractivity (Wildman–Crippen MR) is 97.1 cm³/mol.